The highest BCUT2D eigenvalue weighted by molar-refractivity contribution is 7.92. The van der Waals surface area contributed by atoms with Gasteiger partial charge in [-0.1, -0.05) is 30.3 Å². The number of benzene rings is 2. The number of amides is 1. The summed E-state index contributed by atoms with van der Waals surface area (Å²) in [5.41, 5.74) is 2.03. The molecule has 0 saturated carbocycles. The minimum atomic E-state index is -3.31. The Morgan fingerprint density at radius 1 is 1.07 bits per heavy atom. The van der Waals surface area contributed by atoms with Gasteiger partial charge >= 0.3 is 0 Å². The number of hydrogen-bond donors (Lipinski definition) is 2. The number of carbonyl (C=O) groups excluding carboxylic acids is 1. The van der Waals surface area contributed by atoms with Gasteiger partial charge in [0.05, 0.1) is 16.8 Å². The fraction of sp³-hybridized carbons (Fsp3) is 0.0526. The van der Waals surface area contributed by atoms with Gasteiger partial charge in [-0.3, -0.25) is 14.8 Å². The van der Waals surface area contributed by atoms with Crippen LogP contribution in [0.5, 0.6) is 0 Å². The van der Waals surface area contributed by atoms with Gasteiger partial charge in [-0.05, 0) is 29.7 Å². The average molecular weight is 430 g/mol. The SMILES string of the molecule is CS(=O)(=O)Nc1ccc(-c2csc(NC(=O)c3cc4ccccc4s3)n2)cc1. The van der Waals surface area contributed by atoms with E-state index in [4.69, 9.17) is 0 Å². The number of anilines is 2. The predicted octanol–water partition coefficient (Wildman–Crippen LogP) is 4.65. The second-order valence-corrected chi connectivity index (χ2v) is 9.78. The Kier molecular flexibility index (Phi) is 4.88. The quantitative estimate of drug-likeness (QED) is 0.483. The Labute approximate surface area is 169 Å². The molecule has 2 N–H and O–H groups in total. The smallest absolute Gasteiger partial charge is 0.267 e. The lowest BCUT2D eigenvalue weighted by Gasteiger charge is -2.04. The molecule has 6 nitrogen and oxygen atoms in total. The van der Waals surface area contributed by atoms with Gasteiger partial charge in [-0.2, -0.15) is 0 Å². The van der Waals surface area contributed by atoms with E-state index < -0.39 is 10.0 Å². The van der Waals surface area contributed by atoms with E-state index in [0.29, 0.717) is 21.4 Å². The van der Waals surface area contributed by atoms with Crippen molar-refractivity contribution in [3.63, 3.8) is 0 Å². The highest BCUT2D eigenvalue weighted by Gasteiger charge is 2.13. The molecule has 1 amide bonds. The van der Waals surface area contributed by atoms with Crippen LogP contribution in [0.3, 0.4) is 0 Å². The molecule has 2 heterocycles. The van der Waals surface area contributed by atoms with Crippen LogP contribution >= 0.6 is 22.7 Å². The van der Waals surface area contributed by atoms with E-state index in [1.165, 1.54) is 22.7 Å². The van der Waals surface area contributed by atoms with E-state index in [2.05, 4.69) is 15.0 Å². The van der Waals surface area contributed by atoms with Crippen LogP contribution in [0, 0.1) is 0 Å². The number of carbonyl (C=O) groups is 1. The van der Waals surface area contributed by atoms with Crippen molar-refractivity contribution in [1.82, 2.24) is 4.98 Å². The van der Waals surface area contributed by atoms with Crippen LogP contribution in [-0.2, 0) is 10.0 Å². The zero-order valence-electron chi connectivity index (χ0n) is 14.7. The van der Waals surface area contributed by atoms with Crippen LogP contribution in [0.2, 0.25) is 0 Å². The van der Waals surface area contributed by atoms with Crippen molar-refractivity contribution in [1.29, 1.82) is 0 Å². The monoisotopic (exact) mass is 429 g/mol. The Hall–Kier alpha value is -2.75. The maximum atomic E-state index is 12.5. The van der Waals surface area contributed by atoms with Crippen LogP contribution in [0.15, 0.2) is 60.0 Å². The maximum Gasteiger partial charge on any atom is 0.267 e. The molecule has 0 spiro atoms. The molecule has 0 fully saturated rings. The first-order valence-corrected chi connectivity index (χ1v) is 11.8. The Morgan fingerprint density at radius 3 is 2.54 bits per heavy atom. The van der Waals surface area contributed by atoms with Crippen LogP contribution in [0.25, 0.3) is 21.3 Å². The van der Waals surface area contributed by atoms with E-state index >= 15 is 0 Å². The number of thiophene rings is 1. The lowest BCUT2D eigenvalue weighted by Crippen LogP contribution is -2.09. The highest BCUT2D eigenvalue weighted by Crippen LogP contribution is 2.29. The number of sulfonamides is 1. The summed E-state index contributed by atoms with van der Waals surface area (Å²) in [4.78, 5) is 17.6. The number of aromatic nitrogens is 1. The molecule has 0 aliphatic heterocycles. The third kappa shape index (κ3) is 4.22. The Bertz CT molecular complexity index is 1230. The number of fused-ring (bicyclic) bond motifs is 1. The second kappa shape index (κ2) is 7.34. The van der Waals surface area contributed by atoms with Crippen molar-refractivity contribution in [2.24, 2.45) is 0 Å². The first-order valence-electron chi connectivity index (χ1n) is 8.21. The van der Waals surface area contributed by atoms with Crippen molar-refractivity contribution in [3.05, 3.63) is 64.9 Å². The summed E-state index contributed by atoms with van der Waals surface area (Å²) in [6, 6.07) is 16.6. The summed E-state index contributed by atoms with van der Waals surface area (Å²) in [5.74, 6) is -0.185. The highest BCUT2D eigenvalue weighted by atomic mass is 32.2. The van der Waals surface area contributed by atoms with E-state index in [1.807, 2.05) is 35.7 Å². The molecule has 142 valence electrons. The van der Waals surface area contributed by atoms with E-state index in [-0.39, 0.29) is 5.91 Å². The zero-order valence-corrected chi connectivity index (χ0v) is 17.1. The molecule has 0 aliphatic carbocycles. The summed E-state index contributed by atoms with van der Waals surface area (Å²) in [7, 11) is -3.31. The number of hydrogen-bond acceptors (Lipinski definition) is 6. The maximum absolute atomic E-state index is 12.5. The fourth-order valence-corrected chi connectivity index (χ4v) is 4.88. The largest absolute Gasteiger partial charge is 0.297 e. The van der Waals surface area contributed by atoms with Gasteiger partial charge in [0.2, 0.25) is 10.0 Å². The molecular formula is C19H15N3O3S3. The van der Waals surface area contributed by atoms with E-state index in [0.717, 1.165) is 21.9 Å². The Morgan fingerprint density at radius 2 is 1.82 bits per heavy atom. The predicted molar refractivity (Wildman–Crippen MR) is 116 cm³/mol. The molecule has 9 heteroatoms. The molecule has 0 unspecified atom stereocenters. The molecule has 0 radical (unpaired) electrons. The van der Waals surface area contributed by atoms with Crippen molar-refractivity contribution in [3.8, 4) is 11.3 Å². The first kappa shape index (κ1) is 18.6. The molecule has 2 aromatic carbocycles. The number of thiazole rings is 1. The van der Waals surface area contributed by atoms with Crippen molar-refractivity contribution >= 4 is 59.5 Å². The zero-order chi connectivity index (χ0) is 19.7. The molecule has 0 atom stereocenters. The average Bonchev–Trinajstić information content (AvgIpc) is 3.28. The molecule has 4 aromatic rings. The van der Waals surface area contributed by atoms with Gasteiger partial charge in [0.15, 0.2) is 5.13 Å². The lowest BCUT2D eigenvalue weighted by atomic mass is 10.1. The topological polar surface area (TPSA) is 88.2 Å². The standard InChI is InChI=1S/C19H15N3O3S3/c1-28(24,25)22-14-8-6-12(7-9-14)15-11-26-19(20-15)21-18(23)17-10-13-4-2-3-5-16(13)27-17/h2-11,22H,1H3,(H,20,21,23). The normalized spacial score (nSPS) is 11.5. The summed E-state index contributed by atoms with van der Waals surface area (Å²) in [5, 5.41) is 6.24. The van der Waals surface area contributed by atoms with Crippen molar-refractivity contribution in [2.45, 2.75) is 0 Å². The van der Waals surface area contributed by atoms with Crippen LogP contribution in [0.4, 0.5) is 10.8 Å². The second-order valence-electron chi connectivity index (χ2n) is 6.09. The molecule has 4 rings (SSSR count). The third-order valence-electron chi connectivity index (χ3n) is 3.86. The molecule has 0 aliphatic rings. The number of nitrogens with one attached hydrogen (secondary N) is 2. The summed E-state index contributed by atoms with van der Waals surface area (Å²) < 4.78 is 26.0. The lowest BCUT2D eigenvalue weighted by molar-refractivity contribution is 0.103. The molecular weight excluding hydrogens is 414 g/mol. The third-order valence-corrected chi connectivity index (χ3v) is 6.34. The van der Waals surface area contributed by atoms with Gasteiger partial charge in [-0.15, -0.1) is 22.7 Å². The summed E-state index contributed by atoms with van der Waals surface area (Å²) in [6.45, 7) is 0. The van der Waals surface area contributed by atoms with Gasteiger partial charge in [0.25, 0.3) is 5.91 Å². The number of rotatable bonds is 5. The van der Waals surface area contributed by atoms with Crippen molar-refractivity contribution < 1.29 is 13.2 Å². The van der Waals surface area contributed by atoms with Crippen LogP contribution < -0.4 is 10.0 Å². The molecule has 0 bridgehead atoms. The van der Waals surface area contributed by atoms with Gasteiger partial charge in [0, 0.05) is 21.3 Å². The minimum Gasteiger partial charge on any atom is -0.297 e. The summed E-state index contributed by atoms with van der Waals surface area (Å²) >= 11 is 2.78. The minimum absolute atomic E-state index is 0.185. The number of nitrogens with zero attached hydrogens (tertiary/aromatic N) is 1. The first-order chi connectivity index (χ1) is 13.4. The van der Waals surface area contributed by atoms with Crippen LogP contribution in [-0.4, -0.2) is 25.6 Å². The van der Waals surface area contributed by atoms with Gasteiger partial charge < -0.3 is 0 Å². The van der Waals surface area contributed by atoms with Crippen molar-refractivity contribution in [2.75, 3.05) is 16.3 Å². The fourth-order valence-electron chi connectivity index (χ4n) is 2.64. The summed E-state index contributed by atoms with van der Waals surface area (Å²) in [6.07, 6.45) is 1.10. The van der Waals surface area contributed by atoms with E-state index in [9.17, 15) is 13.2 Å². The van der Waals surface area contributed by atoms with Crippen LogP contribution in [0.1, 0.15) is 9.67 Å². The Balaban J connectivity index is 1.48. The van der Waals surface area contributed by atoms with Gasteiger partial charge in [-0.25, -0.2) is 13.4 Å². The molecule has 28 heavy (non-hydrogen) atoms. The molecule has 0 saturated heterocycles. The van der Waals surface area contributed by atoms with E-state index in [1.54, 1.807) is 24.3 Å². The van der Waals surface area contributed by atoms with Gasteiger partial charge in [0.1, 0.15) is 0 Å². The molecule has 2 aromatic heterocycles.